The lowest BCUT2D eigenvalue weighted by atomic mass is 10.1. The summed E-state index contributed by atoms with van der Waals surface area (Å²) >= 11 is 2.69. The fraction of sp³-hybridized carbons (Fsp3) is 0.174. The van der Waals surface area contributed by atoms with Gasteiger partial charge in [-0.25, -0.2) is 4.98 Å². The number of thiophene rings is 1. The van der Waals surface area contributed by atoms with Gasteiger partial charge in [0.2, 0.25) is 5.91 Å². The number of anilines is 1. The Balaban J connectivity index is 1.38. The molecule has 31 heavy (non-hydrogen) atoms. The number of aromatic nitrogens is 3. The van der Waals surface area contributed by atoms with Gasteiger partial charge >= 0.3 is 0 Å². The number of fused-ring (bicyclic) bond motifs is 4. The first-order chi connectivity index (χ1) is 15.1. The standard InChI is InChI=1S/C23H20N4O2S2/c1-3-27-18-7-5-4-6-15(18)17-12-14(8-9-19(17)27)24-20(28)13-31-23-25-21-16(10-11-30-21)22(29)26(23)2/h4-12H,3,13H2,1-2H3,(H,24,28). The Morgan fingerprint density at radius 2 is 1.90 bits per heavy atom. The van der Waals surface area contributed by atoms with E-state index in [9.17, 15) is 9.59 Å². The molecule has 5 rings (SSSR count). The van der Waals surface area contributed by atoms with Crippen LogP contribution >= 0.6 is 23.1 Å². The number of nitrogens with zero attached hydrogens (tertiary/aromatic N) is 3. The largest absolute Gasteiger partial charge is 0.341 e. The molecule has 5 aromatic rings. The average Bonchev–Trinajstić information content (AvgIpc) is 3.37. The summed E-state index contributed by atoms with van der Waals surface area (Å²) in [6.45, 7) is 3.01. The highest BCUT2D eigenvalue weighted by atomic mass is 32.2. The molecule has 1 amide bonds. The van der Waals surface area contributed by atoms with E-state index in [2.05, 4.69) is 40.0 Å². The summed E-state index contributed by atoms with van der Waals surface area (Å²) in [5.74, 6) is 0.0375. The molecule has 0 atom stereocenters. The highest BCUT2D eigenvalue weighted by molar-refractivity contribution is 7.99. The Labute approximate surface area is 186 Å². The molecular weight excluding hydrogens is 428 g/mol. The minimum Gasteiger partial charge on any atom is -0.341 e. The lowest BCUT2D eigenvalue weighted by Gasteiger charge is -2.08. The third-order valence-corrected chi connectivity index (χ3v) is 7.21. The molecule has 2 aromatic carbocycles. The van der Waals surface area contributed by atoms with Crippen molar-refractivity contribution < 1.29 is 4.79 Å². The first-order valence-electron chi connectivity index (χ1n) is 9.94. The molecule has 0 bridgehead atoms. The first-order valence-corrected chi connectivity index (χ1v) is 11.8. The quantitative estimate of drug-likeness (QED) is 0.308. The van der Waals surface area contributed by atoms with Crippen molar-refractivity contribution in [2.24, 2.45) is 7.05 Å². The summed E-state index contributed by atoms with van der Waals surface area (Å²) in [4.78, 5) is 30.2. The Hall–Kier alpha value is -3.10. The second-order valence-electron chi connectivity index (χ2n) is 7.23. The van der Waals surface area contributed by atoms with Crippen molar-refractivity contribution in [3.05, 3.63) is 64.3 Å². The van der Waals surface area contributed by atoms with Crippen LogP contribution in [0.5, 0.6) is 0 Å². The molecule has 0 aliphatic rings. The Kier molecular flexibility index (Phi) is 5.03. The topological polar surface area (TPSA) is 68.9 Å². The van der Waals surface area contributed by atoms with E-state index < -0.39 is 0 Å². The third kappa shape index (κ3) is 3.41. The van der Waals surface area contributed by atoms with Gasteiger partial charge in [-0.15, -0.1) is 11.3 Å². The van der Waals surface area contributed by atoms with Gasteiger partial charge in [0, 0.05) is 41.1 Å². The van der Waals surface area contributed by atoms with Gasteiger partial charge < -0.3 is 9.88 Å². The van der Waals surface area contributed by atoms with Crippen LogP contribution < -0.4 is 10.9 Å². The molecule has 3 aromatic heterocycles. The van der Waals surface area contributed by atoms with Crippen LogP contribution in [0.1, 0.15) is 6.92 Å². The molecule has 3 heterocycles. The van der Waals surface area contributed by atoms with Crippen LogP contribution in [0, 0.1) is 0 Å². The lowest BCUT2D eigenvalue weighted by Crippen LogP contribution is -2.20. The second-order valence-corrected chi connectivity index (χ2v) is 9.07. The molecule has 0 saturated carbocycles. The SMILES string of the molecule is CCn1c2ccccc2c2cc(NC(=O)CSc3nc4sccc4c(=O)n3C)ccc21. The van der Waals surface area contributed by atoms with Gasteiger partial charge in [-0.05, 0) is 42.6 Å². The van der Waals surface area contributed by atoms with Gasteiger partial charge in [0.05, 0.1) is 11.1 Å². The number of carbonyl (C=O) groups is 1. The maximum absolute atomic E-state index is 12.6. The molecule has 6 nitrogen and oxygen atoms in total. The normalized spacial score (nSPS) is 11.5. The Morgan fingerprint density at radius 3 is 2.74 bits per heavy atom. The monoisotopic (exact) mass is 448 g/mol. The van der Waals surface area contributed by atoms with Crippen LogP contribution in [-0.4, -0.2) is 25.8 Å². The smallest absolute Gasteiger partial charge is 0.262 e. The van der Waals surface area contributed by atoms with E-state index in [0.29, 0.717) is 15.4 Å². The predicted octanol–water partition coefficient (Wildman–Crippen LogP) is 4.85. The number of hydrogen-bond donors (Lipinski definition) is 1. The fourth-order valence-electron chi connectivity index (χ4n) is 3.91. The first kappa shape index (κ1) is 19.8. The molecule has 1 N–H and O–H groups in total. The zero-order valence-electron chi connectivity index (χ0n) is 17.1. The molecule has 0 radical (unpaired) electrons. The van der Waals surface area contributed by atoms with Gasteiger partial charge in [-0.1, -0.05) is 30.0 Å². The number of benzene rings is 2. The number of amides is 1. The number of thioether (sulfide) groups is 1. The Morgan fingerprint density at radius 1 is 1.10 bits per heavy atom. The second kappa shape index (κ2) is 7.86. The maximum Gasteiger partial charge on any atom is 0.262 e. The van der Waals surface area contributed by atoms with E-state index in [0.717, 1.165) is 23.1 Å². The van der Waals surface area contributed by atoms with Crippen molar-refractivity contribution in [3.8, 4) is 0 Å². The lowest BCUT2D eigenvalue weighted by molar-refractivity contribution is -0.113. The number of nitrogens with one attached hydrogen (secondary N) is 1. The van der Waals surface area contributed by atoms with E-state index in [4.69, 9.17) is 0 Å². The van der Waals surface area contributed by atoms with Gasteiger partial charge in [0.1, 0.15) is 4.83 Å². The highest BCUT2D eigenvalue weighted by Gasteiger charge is 2.13. The molecular formula is C23H20N4O2S2. The average molecular weight is 449 g/mol. The van der Waals surface area contributed by atoms with Crippen molar-refractivity contribution in [1.82, 2.24) is 14.1 Å². The molecule has 0 aliphatic carbocycles. The zero-order chi connectivity index (χ0) is 21.5. The van der Waals surface area contributed by atoms with Gasteiger partial charge in [-0.2, -0.15) is 0 Å². The van der Waals surface area contributed by atoms with Gasteiger partial charge in [-0.3, -0.25) is 14.2 Å². The van der Waals surface area contributed by atoms with Crippen molar-refractivity contribution in [3.63, 3.8) is 0 Å². The van der Waals surface area contributed by atoms with Crippen LogP contribution in [0.25, 0.3) is 32.0 Å². The minimum absolute atomic E-state index is 0.0908. The molecule has 0 aliphatic heterocycles. The van der Waals surface area contributed by atoms with E-state index >= 15 is 0 Å². The summed E-state index contributed by atoms with van der Waals surface area (Å²) in [5.41, 5.74) is 3.01. The number of hydrogen-bond acceptors (Lipinski definition) is 5. The van der Waals surface area contributed by atoms with Crippen LogP contribution in [0.4, 0.5) is 5.69 Å². The molecule has 0 saturated heterocycles. The van der Waals surface area contributed by atoms with Crippen molar-refractivity contribution in [2.45, 2.75) is 18.6 Å². The third-order valence-electron chi connectivity index (χ3n) is 5.37. The molecule has 0 fully saturated rings. The summed E-state index contributed by atoms with van der Waals surface area (Å²) in [5, 5.41) is 8.28. The van der Waals surface area contributed by atoms with Crippen LogP contribution in [0.15, 0.2) is 63.9 Å². The number of para-hydroxylation sites is 1. The molecule has 156 valence electrons. The number of aryl methyl sites for hydroxylation is 1. The van der Waals surface area contributed by atoms with Crippen molar-refractivity contribution in [1.29, 1.82) is 0 Å². The summed E-state index contributed by atoms with van der Waals surface area (Å²) in [6.07, 6.45) is 0. The van der Waals surface area contributed by atoms with Crippen molar-refractivity contribution >= 4 is 66.7 Å². The molecule has 0 unspecified atom stereocenters. The Bertz CT molecular complexity index is 1510. The summed E-state index contributed by atoms with van der Waals surface area (Å²) < 4.78 is 3.78. The van der Waals surface area contributed by atoms with E-state index in [1.807, 2.05) is 29.6 Å². The van der Waals surface area contributed by atoms with Gasteiger partial charge in [0.15, 0.2) is 5.16 Å². The zero-order valence-corrected chi connectivity index (χ0v) is 18.7. The van der Waals surface area contributed by atoms with Crippen molar-refractivity contribution in [2.75, 3.05) is 11.1 Å². The van der Waals surface area contributed by atoms with Crippen LogP contribution in [0.2, 0.25) is 0 Å². The predicted molar refractivity (Wildman–Crippen MR) is 129 cm³/mol. The number of rotatable bonds is 5. The van der Waals surface area contributed by atoms with E-state index in [1.165, 1.54) is 38.6 Å². The van der Waals surface area contributed by atoms with E-state index in [-0.39, 0.29) is 17.2 Å². The van der Waals surface area contributed by atoms with Gasteiger partial charge in [0.25, 0.3) is 5.56 Å². The summed E-state index contributed by atoms with van der Waals surface area (Å²) in [7, 11) is 1.68. The summed E-state index contributed by atoms with van der Waals surface area (Å²) in [6, 6.07) is 16.1. The minimum atomic E-state index is -0.135. The van der Waals surface area contributed by atoms with Crippen LogP contribution in [0.3, 0.4) is 0 Å². The van der Waals surface area contributed by atoms with Crippen LogP contribution in [-0.2, 0) is 18.4 Å². The molecule has 0 spiro atoms. The fourth-order valence-corrected chi connectivity index (χ4v) is 5.49. The maximum atomic E-state index is 12.6. The van der Waals surface area contributed by atoms with E-state index in [1.54, 1.807) is 13.1 Å². The number of carbonyl (C=O) groups excluding carboxylic acids is 1. The molecule has 8 heteroatoms. The highest BCUT2D eigenvalue weighted by Crippen LogP contribution is 2.31.